The zero-order valence-corrected chi connectivity index (χ0v) is 17.5. The van der Waals surface area contributed by atoms with Gasteiger partial charge in [-0.15, -0.1) is 0 Å². The maximum atomic E-state index is 13.0. The number of benzene rings is 2. The number of halogens is 1. The third-order valence-electron chi connectivity index (χ3n) is 4.23. The number of rotatable bonds is 7. The molecule has 0 saturated carbocycles. The van der Waals surface area contributed by atoms with E-state index in [-0.39, 0.29) is 11.8 Å². The normalized spacial score (nSPS) is 12.7. The number of hydrogen-bond acceptors (Lipinski definition) is 3. The van der Waals surface area contributed by atoms with Gasteiger partial charge in [0.25, 0.3) is 0 Å². The number of amides is 1. The van der Waals surface area contributed by atoms with Crippen LogP contribution in [0, 0.1) is 0 Å². The molecule has 2 aromatic carbocycles. The van der Waals surface area contributed by atoms with Gasteiger partial charge in [-0.25, -0.2) is 8.42 Å². The second kappa shape index (κ2) is 8.76. The van der Waals surface area contributed by atoms with Gasteiger partial charge in [-0.3, -0.25) is 9.10 Å². The van der Waals surface area contributed by atoms with Crippen LogP contribution in [0.3, 0.4) is 0 Å². The first-order chi connectivity index (χ1) is 12.6. The van der Waals surface area contributed by atoms with Gasteiger partial charge in [0, 0.05) is 10.7 Å². The molecule has 0 saturated heterocycles. The summed E-state index contributed by atoms with van der Waals surface area (Å²) in [6.07, 6.45) is 1.40. The van der Waals surface area contributed by atoms with Crippen LogP contribution < -0.4 is 9.62 Å². The molecule has 0 aliphatic rings. The van der Waals surface area contributed by atoms with Crippen LogP contribution in [0.5, 0.6) is 0 Å². The molecular weight excluding hydrogens is 384 g/mol. The fourth-order valence-electron chi connectivity index (χ4n) is 3.00. The number of carbonyl (C=O) groups excluding carboxylic acids is 1. The van der Waals surface area contributed by atoms with Gasteiger partial charge in [0.05, 0.1) is 11.9 Å². The summed E-state index contributed by atoms with van der Waals surface area (Å²) < 4.78 is 26.1. The Balaban J connectivity index is 2.41. The molecule has 0 radical (unpaired) electrons. The highest BCUT2D eigenvalue weighted by atomic mass is 35.5. The molecule has 2 rings (SSSR count). The SMILES string of the molecule is CC[C@H](C(=O)Nc1ccccc1C(C)C)N(c1cccc(Cl)c1)S(C)(=O)=O. The van der Waals surface area contributed by atoms with E-state index in [1.807, 2.05) is 38.1 Å². The molecule has 1 atom stereocenters. The number of carbonyl (C=O) groups is 1. The molecule has 0 heterocycles. The highest BCUT2D eigenvalue weighted by Crippen LogP contribution is 2.28. The molecule has 7 heteroatoms. The van der Waals surface area contributed by atoms with E-state index in [0.717, 1.165) is 16.1 Å². The van der Waals surface area contributed by atoms with E-state index in [1.165, 1.54) is 0 Å². The average molecular weight is 409 g/mol. The summed E-state index contributed by atoms with van der Waals surface area (Å²) >= 11 is 6.03. The van der Waals surface area contributed by atoms with Gasteiger partial charge >= 0.3 is 0 Å². The third kappa shape index (κ3) is 5.23. The first kappa shape index (κ1) is 21.3. The van der Waals surface area contributed by atoms with Crippen molar-refractivity contribution >= 4 is 38.9 Å². The van der Waals surface area contributed by atoms with Crippen molar-refractivity contribution in [1.82, 2.24) is 0 Å². The first-order valence-electron chi connectivity index (χ1n) is 8.80. The van der Waals surface area contributed by atoms with Gasteiger partial charge in [-0.05, 0) is 42.2 Å². The summed E-state index contributed by atoms with van der Waals surface area (Å²) in [5, 5.41) is 3.31. The van der Waals surface area contributed by atoms with Crippen LogP contribution in [0.2, 0.25) is 5.02 Å². The lowest BCUT2D eigenvalue weighted by atomic mass is 10.0. The Morgan fingerprint density at radius 1 is 1.15 bits per heavy atom. The Hall–Kier alpha value is -2.05. The lowest BCUT2D eigenvalue weighted by Crippen LogP contribution is -2.47. The number of nitrogens with one attached hydrogen (secondary N) is 1. The minimum absolute atomic E-state index is 0.223. The van der Waals surface area contributed by atoms with Crippen molar-refractivity contribution in [3.8, 4) is 0 Å². The summed E-state index contributed by atoms with van der Waals surface area (Å²) in [4.78, 5) is 13.0. The van der Waals surface area contributed by atoms with E-state index >= 15 is 0 Å². The highest BCUT2D eigenvalue weighted by molar-refractivity contribution is 7.92. The van der Waals surface area contributed by atoms with Gasteiger partial charge in [0.1, 0.15) is 6.04 Å². The molecule has 5 nitrogen and oxygen atoms in total. The molecule has 0 fully saturated rings. The van der Waals surface area contributed by atoms with E-state index in [4.69, 9.17) is 11.6 Å². The predicted molar refractivity (Wildman–Crippen MR) is 112 cm³/mol. The Kier molecular flexibility index (Phi) is 6.89. The van der Waals surface area contributed by atoms with Crippen LogP contribution in [0.15, 0.2) is 48.5 Å². The molecule has 0 unspecified atom stereocenters. The molecule has 146 valence electrons. The first-order valence-corrected chi connectivity index (χ1v) is 11.0. The van der Waals surface area contributed by atoms with Crippen LogP contribution in [-0.2, 0) is 14.8 Å². The number of hydrogen-bond donors (Lipinski definition) is 1. The molecule has 27 heavy (non-hydrogen) atoms. The second-order valence-corrected chi connectivity index (χ2v) is 8.99. The largest absolute Gasteiger partial charge is 0.324 e. The minimum atomic E-state index is -3.70. The Labute approximate surface area is 166 Å². The van der Waals surface area contributed by atoms with Crippen molar-refractivity contribution in [2.24, 2.45) is 0 Å². The molecule has 0 aliphatic heterocycles. The van der Waals surface area contributed by atoms with Gasteiger partial charge in [0.2, 0.25) is 15.9 Å². The molecule has 0 aromatic heterocycles. The predicted octanol–water partition coefficient (Wildman–Crippen LogP) is 4.65. The molecule has 1 N–H and O–H groups in total. The Bertz CT molecular complexity index is 913. The van der Waals surface area contributed by atoms with Gasteiger partial charge < -0.3 is 5.32 Å². The van der Waals surface area contributed by atoms with Gasteiger partial charge in [-0.2, -0.15) is 0 Å². The lowest BCUT2D eigenvalue weighted by molar-refractivity contribution is -0.117. The quantitative estimate of drug-likeness (QED) is 0.725. The molecule has 1 amide bonds. The maximum absolute atomic E-state index is 13.0. The minimum Gasteiger partial charge on any atom is -0.324 e. The monoisotopic (exact) mass is 408 g/mol. The second-order valence-electron chi connectivity index (χ2n) is 6.69. The number of sulfonamides is 1. The van der Waals surface area contributed by atoms with Gasteiger partial charge in [0.15, 0.2) is 0 Å². The van der Waals surface area contributed by atoms with Crippen molar-refractivity contribution in [2.45, 2.75) is 39.2 Å². The number of nitrogens with zero attached hydrogens (tertiary/aromatic N) is 1. The number of para-hydroxylation sites is 1. The van der Waals surface area contributed by atoms with Crippen molar-refractivity contribution in [1.29, 1.82) is 0 Å². The Morgan fingerprint density at radius 2 is 1.81 bits per heavy atom. The smallest absolute Gasteiger partial charge is 0.248 e. The highest BCUT2D eigenvalue weighted by Gasteiger charge is 2.32. The molecular formula is C20H25ClN2O3S. The zero-order valence-electron chi connectivity index (χ0n) is 15.9. The van der Waals surface area contributed by atoms with E-state index in [0.29, 0.717) is 22.8 Å². The third-order valence-corrected chi connectivity index (χ3v) is 5.65. The van der Waals surface area contributed by atoms with E-state index in [1.54, 1.807) is 31.2 Å². The fraction of sp³-hybridized carbons (Fsp3) is 0.350. The summed E-state index contributed by atoms with van der Waals surface area (Å²) in [5.41, 5.74) is 2.05. The van der Waals surface area contributed by atoms with Crippen LogP contribution in [0.25, 0.3) is 0 Å². The van der Waals surface area contributed by atoms with Crippen LogP contribution in [0.1, 0.15) is 38.7 Å². The molecule has 2 aromatic rings. The van der Waals surface area contributed by atoms with Crippen LogP contribution in [0.4, 0.5) is 11.4 Å². The Morgan fingerprint density at radius 3 is 2.37 bits per heavy atom. The van der Waals surface area contributed by atoms with Crippen molar-refractivity contribution in [3.05, 3.63) is 59.1 Å². The summed E-state index contributed by atoms with van der Waals surface area (Å²) in [5.74, 6) is -0.156. The van der Waals surface area contributed by atoms with Crippen LogP contribution >= 0.6 is 11.6 Å². The summed E-state index contributed by atoms with van der Waals surface area (Å²) in [6.45, 7) is 5.86. The lowest BCUT2D eigenvalue weighted by Gasteiger charge is -2.30. The summed E-state index contributed by atoms with van der Waals surface area (Å²) in [7, 11) is -3.70. The average Bonchev–Trinajstić information content (AvgIpc) is 2.58. The van der Waals surface area contributed by atoms with Crippen molar-refractivity contribution in [2.75, 3.05) is 15.9 Å². The van der Waals surface area contributed by atoms with E-state index in [9.17, 15) is 13.2 Å². The maximum Gasteiger partial charge on any atom is 0.248 e. The zero-order chi connectivity index (χ0) is 20.2. The van der Waals surface area contributed by atoms with Crippen molar-refractivity contribution in [3.63, 3.8) is 0 Å². The van der Waals surface area contributed by atoms with Crippen molar-refractivity contribution < 1.29 is 13.2 Å². The fourth-order valence-corrected chi connectivity index (χ4v) is 4.39. The molecule has 0 bridgehead atoms. The molecule has 0 spiro atoms. The van der Waals surface area contributed by atoms with E-state index in [2.05, 4.69) is 5.32 Å². The van der Waals surface area contributed by atoms with Gasteiger partial charge in [-0.1, -0.05) is 56.6 Å². The topological polar surface area (TPSA) is 66.5 Å². The number of anilines is 2. The molecule has 0 aliphatic carbocycles. The van der Waals surface area contributed by atoms with Crippen LogP contribution in [-0.4, -0.2) is 26.6 Å². The van der Waals surface area contributed by atoms with E-state index < -0.39 is 16.1 Å². The standard InChI is InChI=1S/C20H25ClN2O3S/c1-5-19(20(24)22-18-12-7-6-11-17(18)14(2)3)23(27(4,25)26)16-10-8-9-15(21)13-16/h6-14,19H,5H2,1-4H3,(H,22,24)/t19-/m1/s1. The summed E-state index contributed by atoms with van der Waals surface area (Å²) in [6, 6.07) is 13.1.